The third kappa shape index (κ3) is 5.16. The maximum absolute atomic E-state index is 13.3. The number of aliphatic carboxylic acids is 3. The van der Waals surface area contributed by atoms with Crippen molar-refractivity contribution in [2.24, 2.45) is 10.8 Å². The molecule has 0 aromatic carbocycles. The van der Waals surface area contributed by atoms with Crippen molar-refractivity contribution in [3.63, 3.8) is 0 Å². The van der Waals surface area contributed by atoms with Gasteiger partial charge in [0.25, 0.3) is 0 Å². The third-order valence-corrected chi connectivity index (χ3v) is 8.43. The van der Waals surface area contributed by atoms with Gasteiger partial charge in [0, 0.05) is 39.0 Å². The van der Waals surface area contributed by atoms with E-state index >= 15 is 0 Å². The minimum absolute atomic E-state index is 0.0781. The van der Waals surface area contributed by atoms with Gasteiger partial charge in [0.15, 0.2) is 0 Å². The average Bonchev–Trinajstić information content (AvgIpc) is 2.92. The Morgan fingerprint density at radius 2 is 1.44 bits per heavy atom. The Morgan fingerprint density at radius 3 is 1.83 bits per heavy atom. The van der Waals surface area contributed by atoms with E-state index in [1.807, 2.05) is 0 Å². The number of amides is 1. The molecule has 2 aliphatic heterocycles. The number of aromatic nitrogens is 2. The zero-order valence-electron chi connectivity index (χ0n) is 22.9. The van der Waals surface area contributed by atoms with E-state index in [-0.39, 0.29) is 12.3 Å². The molecule has 0 saturated carbocycles. The zero-order valence-corrected chi connectivity index (χ0v) is 22.9. The number of pyridine rings is 2. The molecule has 4 heterocycles. The number of likely N-dealkylation sites (tertiary alicyclic amines) is 2. The third-order valence-electron chi connectivity index (χ3n) is 8.43. The van der Waals surface area contributed by atoms with Crippen LogP contribution in [0.25, 0.3) is 0 Å². The maximum Gasteiger partial charge on any atom is 0.320 e. The van der Waals surface area contributed by atoms with Gasteiger partial charge in [0.05, 0.1) is 29.6 Å². The average molecular weight is 570 g/mol. The van der Waals surface area contributed by atoms with Crippen LogP contribution in [-0.4, -0.2) is 103 Å². The van der Waals surface area contributed by atoms with Gasteiger partial charge in [0.1, 0.15) is 16.9 Å². The fourth-order valence-electron chi connectivity index (χ4n) is 6.74. The van der Waals surface area contributed by atoms with Gasteiger partial charge in [0.2, 0.25) is 5.91 Å². The van der Waals surface area contributed by atoms with Gasteiger partial charge in [-0.25, -0.2) is 0 Å². The smallest absolute Gasteiger partial charge is 0.320 e. The number of carbonyl (C=O) groups is 4. The number of hydrogen-bond donors (Lipinski definition) is 5. The van der Waals surface area contributed by atoms with E-state index in [1.54, 1.807) is 48.3 Å². The second kappa shape index (κ2) is 11.9. The number of nitrogens with zero attached hydrogens (tertiary/aromatic N) is 4. The summed E-state index contributed by atoms with van der Waals surface area (Å²) in [7, 11) is 1.59. The number of carboxylic acids is 3. The summed E-state index contributed by atoms with van der Waals surface area (Å²) < 4.78 is 0. The molecule has 2 aliphatic rings. The molecule has 1 amide bonds. The molecular formula is C28H35N5O8. The summed E-state index contributed by atoms with van der Waals surface area (Å²) in [6.45, 7) is 0.859. The van der Waals surface area contributed by atoms with E-state index in [4.69, 9.17) is 0 Å². The van der Waals surface area contributed by atoms with E-state index in [2.05, 4.69) is 15.3 Å². The van der Waals surface area contributed by atoms with Gasteiger partial charge in [-0.1, -0.05) is 12.1 Å². The van der Waals surface area contributed by atoms with E-state index in [1.165, 1.54) is 24.2 Å². The van der Waals surface area contributed by atoms with E-state index < -0.39 is 66.1 Å². The van der Waals surface area contributed by atoms with E-state index in [9.17, 15) is 39.6 Å². The number of carboxylic acid groups (broad SMARTS) is 3. The quantitative estimate of drug-likeness (QED) is 0.239. The van der Waals surface area contributed by atoms with Crippen LogP contribution in [0, 0.1) is 10.8 Å². The van der Waals surface area contributed by atoms with Gasteiger partial charge in [-0.2, -0.15) is 0 Å². The standard InChI is InChI=1S/C28H35N5O8/c1-17(34)29-12-8-5-11-20(23(35)36)33-15-27(25(38)39)21(18-9-3-6-13-30-18)32(2)22(19-10-4-7-14-31-19)28(16-33,24(27)37)26(40)41/h3-4,6-7,9-10,13-14,20-22,24,37H,5,8,11-12,15-16H2,1-2H3,(H,29,34)(H,35,36)(H,38,39)(H,40,41)/t20-,21?,22?,24?,27?,28?/m0/s1. The molecule has 4 rings (SSSR count). The number of aliphatic hydroxyl groups is 1. The first-order chi connectivity index (χ1) is 19.5. The fraction of sp³-hybridized carbons (Fsp3) is 0.500. The van der Waals surface area contributed by atoms with E-state index in [0.717, 1.165) is 0 Å². The Morgan fingerprint density at radius 1 is 0.927 bits per heavy atom. The number of fused-ring (bicyclic) bond motifs is 2. The van der Waals surface area contributed by atoms with Crippen LogP contribution in [0.1, 0.15) is 49.7 Å². The molecule has 2 aromatic heterocycles. The molecule has 0 radical (unpaired) electrons. The molecule has 13 heteroatoms. The lowest BCUT2D eigenvalue weighted by Gasteiger charge is -2.64. The van der Waals surface area contributed by atoms with Crippen molar-refractivity contribution in [2.45, 2.75) is 50.4 Å². The van der Waals surface area contributed by atoms with Crippen molar-refractivity contribution in [1.29, 1.82) is 0 Å². The van der Waals surface area contributed by atoms with Crippen LogP contribution in [-0.2, 0) is 19.2 Å². The lowest BCUT2D eigenvalue weighted by atomic mass is 9.53. The van der Waals surface area contributed by atoms with Crippen molar-refractivity contribution in [3.05, 3.63) is 60.2 Å². The van der Waals surface area contributed by atoms with Crippen LogP contribution in [0.3, 0.4) is 0 Å². The second-order valence-corrected chi connectivity index (χ2v) is 10.8. The Bertz CT molecular complexity index is 1210. The number of hydrogen-bond acceptors (Lipinski definition) is 9. The molecular weight excluding hydrogens is 534 g/mol. The lowest BCUT2D eigenvalue weighted by molar-refractivity contribution is -0.250. The van der Waals surface area contributed by atoms with Crippen LogP contribution in [0.5, 0.6) is 0 Å². The van der Waals surface area contributed by atoms with Crippen molar-refractivity contribution in [3.8, 4) is 0 Å². The van der Waals surface area contributed by atoms with Gasteiger partial charge < -0.3 is 25.7 Å². The highest BCUT2D eigenvalue weighted by atomic mass is 16.4. The summed E-state index contributed by atoms with van der Waals surface area (Å²) in [6, 6.07) is 6.36. The first-order valence-corrected chi connectivity index (χ1v) is 13.4. The number of aliphatic hydroxyl groups excluding tert-OH is 1. The van der Waals surface area contributed by atoms with Crippen molar-refractivity contribution in [2.75, 3.05) is 26.7 Å². The summed E-state index contributed by atoms with van der Waals surface area (Å²) in [5.41, 5.74) is -3.73. The molecule has 2 saturated heterocycles. The molecule has 5 atom stereocenters. The molecule has 41 heavy (non-hydrogen) atoms. The molecule has 13 nitrogen and oxygen atoms in total. The normalized spacial score (nSPS) is 28.9. The Hall–Kier alpha value is -3.94. The van der Waals surface area contributed by atoms with E-state index in [0.29, 0.717) is 30.8 Å². The van der Waals surface area contributed by atoms with Gasteiger partial charge in [-0.15, -0.1) is 0 Å². The van der Waals surface area contributed by atoms with Crippen LogP contribution >= 0.6 is 0 Å². The highest BCUT2D eigenvalue weighted by molar-refractivity contribution is 5.85. The Kier molecular flexibility index (Phi) is 8.71. The maximum atomic E-state index is 13.3. The number of piperidine rings is 2. The fourth-order valence-corrected chi connectivity index (χ4v) is 6.74. The Labute approximate surface area is 236 Å². The second-order valence-electron chi connectivity index (χ2n) is 10.8. The molecule has 2 aromatic rings. The number of nitrogens with one attached hydrogen (secondary N) is 1. The monoisotopic (exact) mass is 569 g/mol. The van der Waals surface area contributed by atoms with Gasteiger partial charge in [-0.3, -0.25) is 38.9 Å². The van der Waals surface area contributed by atoms with Crippen molar-refractivity contribution in [1.82, 2.24) is 25.1 Å². The zero-order chi connectivity index (χ0) is 29.9. The summed E-state index contributed by atoms with van der Waals surface area (Å²) in [5.74, 6) is -4.37. The summed E-state index contributed by atoms with van der Waals surface area (Å²) in [6.07, 6.45) is 1.97. The lowest BCUT2D eigenvalue weighted by Crippen LogP contribution is -2.78. The number of carbonyl (C=O) groups excluding carboxylic acids is 1. The minimum atomic E-state index is -2.16. The highest BCUT2D eigenvalue weighted by Crippen LogP contribution is 2.62. The predicted octanol–water partition coefficient (Wildman–Crippen LogP) is 0.783. The highest BCUT2D eigenvalue weighted by Gasteiger charge is 2.75. The summed E-state index contributed by atoms with van der Waals surface area (Å²) >= 11 is 0. The molecule has 4 unspecified atom stereocenters. The topological polar surface area (TPSA) is 193 Å². The number of rotatable bonds is 11. The SMILES string of the molecule is CC(=O)NCCCC[C@@H](C(=O)O)N1CC2(C(=O)O)C(c3ccccn3)N(C)C(c3ccccn3)C(C(=O)O)(C1)C2O. The molecule has 0 spiro atoms. The van der Waals surface area contributed by atoms with Crippen molar-refractivity contribution < 1.29 is 39.6 Å². The largest absolute Gasteiger partial charge is 0.481 e. The summed E-state index contributed by atoms with van der Waals surface area (Å²) in [4.78, 5) is 62.1. The minimum Gasteiger partial charge on any atom is -0.481 e. The molecule has 2 bridgehead atoms. The van der Waals surface area contributed by atoms with Crippen LogP contribution < -0.4 is 5.32 Å². The molecule has 220 valence electrons. The van der Waals surface area contributed by atoms with Gasteiger partial charge >= 0.3 is 17.9 Å². The molecule has 5 N–H and O–H groups in total. The number of unbranched alkanes of at least 4 members (excludes halogenated alkanes) is 1. The van der Waals surface area contributed by atoms with Crippen molar-refractivity contribution >= 4 is 23.8 Å². The first-order valence-electron chi connectivity index (χ1n) is 13.4. The summed E-state index contributed by atoms with van der Waals surface area (Å²) in [5, 5.41) is 46.5. The van der Waals surface area contributed by atoms with Crippen LogP contribution in [0.4, 0.5) is 0 Å². The molecule has 0 aliphatic carbocycles. The van der Waals surface area contributed by atoms with Crippen LogP contribution in [0.15, 0.2) is 48.8 Å². The van der Waals surface area contributed by atoms with Crippen LogP contribution in [0.2, 0.25) is 0 Å². The van der Waals surface area contributed by atoms with Gasteiger partial charge in [-0.05, 0) is 50.6 Å². The molecule has 2 fully saturated rings. The first kappa shape index (κ1) is 30.0. The Balaban J connectivity index is 1.89. The predicted molar refractivity (Wildman–Crippen MR) is 143 cm³/mol.